The second kappa shape index (κ2) is 5.13. The lowest BCUT2D eigenvalue weighted by molar-refractivity contribution is -0.155. The Morgan fingerprint density at radius 2 is 1.95 bits per heavy atom. The molecule has 0 spiro atoms. The molecule has 1 heterocycles. The molecule has 3 rings (SSSR count). The van der Waals surface area contributed by atoms with E-state index in [1.54, 1.807) is 18.7 Å². The third-order valence-electron chi connectivity index (χ3n) is 4.20. The van der Waals surface area contributed by atoms with Gasteiger partial charge in [-0.2, -0.15) is 0 Å². The van der Waals surface area contributed by atoms with Gasteiger partial charge in [0.25, 0.3) is 0 Å². The highest BCUT2D eigenvalue weighted by molar-refractivity contribution is 9.10. The van der Waals surface area contributed by atoms with E-state index < -0.39 is 5.54 Å². The lowest BCUT2D eigenvalue weighted by atomic mass is 9.94. The quantitative estimate of drug-likeness (QED) is 0.910. The maximum atomic E-state index is 12.7. The van der Waals surface area contributed by atoms with Crippen LogP contribution in [0, 0.1) is 5.92 Å². The van der Waals surface area contributed by atoms with Crippen LogP contribution in [-0.2, 0) is 16.1 Å². The highest BCUT2D eigenvalue weighted by Gasteiger charge is 2.50. The molecule has 0 bridgehead atoms. The number of amides is 2. The second-order valence-electron chi connectivity index (χ2n) is 6.42. The molecule has 1 aromatic rings. The number of halogens is 1. The van der Waals surface area contributed by atoms with Crippen molar-refractivity contribution in [1.82, 2.24) is 10.2 Å². The monoisotopic (exact) mass is 350 g/mol. The van der Waals surface area contributed by atoms with Gasteiger partial charge < -0.3 is 10.2 Å². The molecule has 2 aliphatic rings. The van der Waals surface area contributed by atoms with E-state index in [4.69, 9.17) is 0 Å². The predicted octanol–water partition coefficient (Wildman–Crippen LogP) is 2.46. The SMILES string of the molecule is CC1(C)NC(=O)C(C2CC2)N(Cc2ccccc2Br)C1=O. The molecule has 1 saturated carbocycles. The summed E-state index contributed by atoms with van der Waals surface area (Å²) < 4.78 is 0.969. The number of nitrogens with one attached hydrogen (secondary N) is 1. The van der Waals surface area contributed by atoms with Crippen molar-refractivity contribution >= 4 is 27.7 Å². The molecule has 112 valence electrons. The molecule has 0 radical (unpaired) electrons. The largest absolute Gasteiger partial charge is 0.340 e. The van der Waals surface area contributed by atoms with Crippen LogP contribution in [0.4, 0.5) is 0 Å². The van der Waals surface area contributed by atoms with Gasteiger partial charge in [-0.1, -0.05) is 34.1 Å². The summed E-state index contributed by atoms with van der Waals surface area (Å²) in [6.07, 6.45) is 2.05. The number of piperazine rings is 1. The Morgan fingerprint density at radius 1 is 1.29 bits per heavy atom. The molecule has 1 unspecified atom stereocenters. The number of nitrogens with zero attached hydrogens (tertiary/aromatic N) is 1. The van der Waals surface area contributed by atoms with Gasteiger partial charge in [-0.3, -0.25) is 9.59 Å². The molecule has 1 aromatic carbocycles. The Labute approximate surface area is 133 Å². The standard InChI is InChI=1S/C16H19BrN2O2/c1-16(2)15(21)19(9-11-5-3-4-6-12(11)17)13(10-7-8-10)14(20)18-16/h3-6,10,13H,7-9H2,1-2H3,(H,18,20). The third kappa shape index (κ3) is 2.71. The van der Waals surface area contributed by atoms with Crippen molar-refractivity contribution in [2.75, 3.05) is 0 Å². The summed E-state index contributed by atoms with van der Waals surface area (Å²) in [5, 5.41) is 2.87. The fraction of sp³-hybridized carbons (Fsp3) is 0.500. The van der Waals surface area contributed by atoms with Gasteiger partial charge >= 0.3 is 0 Å². The molecular formula is C16H19BrN2O2. The number of hydrogen-bond donors (Lipinski definition) is 1. The third-order valence-corrected chi connectivity index (χ3v) is 4.98. The van der Waals surface area contributed by atoms with Gasteiger partial charge in [-0.15, -0.1) is 0 Å². The summed E-state index contributed by atoms with van der Waals surface area (Å²) in [5.74, 6) is 0.288. The van der Waals surface area contributed by atoms with Crippen molar-refractivity contribution in [3.05, 3.63) is 34.3 Å². The van der Waals surface area contributed by atoms with Crippen molar-refractivity contribution in [2.24, 2.45) is 5.92 Å². The first kappa shape index (κ1) is 14.6. The Hall–Kier alpha value is -1.36. The van der Waals surface area contributed by atoms with Crippen LogP contribution in [0.1, 0.15) is 32.3 Å². The van der Waals surface area contributed by atoms with Crippen molar-refractivity contribution in [1.29, 1.82) is 0 Å². The molecule has 1 atom stereocenters. The lowest BCUT2D eigenvalue weighted by Gasteiger charge is -2.43. The van der Waals surface area contributed by atoms with E-state index in [2.05, 4.69) is 21.2 Å². The first-order valence-corrected chi connectivity index (χ1v) is 8.06. The lowest BCUT2D eigenvalue weighted by Crippen LogP contribution is -2.68. The molecule has 1 aliphatic heterocycles. The smallest absolute Gasteiger partial charge is 0.248 e. The van der Waals surface area contributed by atoms with Crippen LogP contribution in [-0.4, -0.2) is 28.3 Å². The maximum absolute atomic E-state index is 12.7. The maximum Gasteiger partial charge on any atom is 0.248 e. The van der Waals surface area contributed by atoms with Gasteiger partial charge in [-0.05, 0) is 44.2 Å². The summed E-state index contributed by atoms with van der Waals surface area (Å²) in [7, 11) is 0. The van der Waals surface area contributed by atoms with Crippen LogP contribution < -0.4 is 5.32 Å². The molecular weight excluding hydrogens is 332 g/mol. The predicted molar refractivity (Wildman–Crippen MR) is 83.4 cm³/mol. The summed E-state index contributed by atoms with van der Waals surface area (Å²) in [6.45, 7) is 4.01. The fourth-order valence-corrected chi connectivity index (χ4v) is 3.33. The van der Waals surface area contributed by atoms with Crippen LogP contribution in [0.25, 0.3) is 0 Å². The zero-order valence-electron chi connectivity index (χ0n) is 12.2. The van der Waals surface area contributed by atoms with Crippen LogP contribution in [0.3, 0.4) is 0 Å². The molecule has 4 nitrogen and oxygen atoms in total. The molecule has 5 heteroatoms. The molecule has 21 heavy (non-hydrogen) atoms. The summed E-state index contributed by atoms with van der Waals surface area (Å²) >= 11 is 3.52. The first-order valence-electron chi connectivity index (χ1n) is 7.26. The van der Waals surface area contributed by atoms with Crippen LogP contribution in [0.2, 0.25) is 0 Å². The van der Waals surface area contributed by atoms with E-state index in [0.717, 1.165) is 22.9 Å². The van der Waals surface area contributed by atoms with E-state index in [1.807, 2.05) is 24.3 Å². The van der Waals surface area contributed by atoms with Gasteiger partial charge in [0.05, 0.1) is 0 Å². The van der Waals surface area contributed by atoms with Crippen molar-refractivity contribution < 1.29 is 9.59 Å². The van der Waals surface area contributed by atoms with Gasteiger partial charge in [-0.25, -0.2) is 0 Å². The number of carbonyl (C=O) groups is 2. The van der Waals surface area contributed by atoms with E-state index in [9.17, 15) is 9.59 Å². The van der Waals surface area contributed by atoms with Crippen molar-refractivity contribution in [3.63, 3.8) is 0 Å². The van der Waals surface area contributed by atoms with E-state index in [-0.39, 0.29) is 17.9 Å². The van der Waals surface area contributed by atoms with Crippen LogP contribution in [0.5, 0.6) is 0 Å². The van der Waals surface area contributed by atoms with Crippen molar-refractivity contribution in [3.8, 4) is 0 Å². The summed E-state index contributed by atoms with van der Waals surface area (Å²) in [4.78, 5) is 26.9. The molecule has 1 N–H and O–H groups in total. The fourth-order valence-electron chi connectivity index (χ4n) is 2.92. The minimum Gasteiger partial charge on any atom is -0.340 e. The zero-order valence-corrected chi connectivity index (χ0v) is 13.8. The molecule has 2 amide bonds. The number of rotatable bonds is 3. The van der Waals surface area contributed by atoms with E-state index in [0.29, 0.717) is 12.5 Å². The first-order chi connectivity index (χ1) is 9.90. The topological polar surface area (TPSA) is 49.4 Å². The average Bonchev–Trinajstić information content (AvgIpc) is 3.22. The summed E-state index contributed by atoms with van der Waals surface area (Å²) in [5.41, 5.74) is 0.200. The molecule has 1 aliphatic carbocycles. The number of hydrogen-bond acceptors (Lipinski definition) is 2. The van der Waals surface area contributed by atoms with Crippen LogP contribution >= 0.6 is 15.9 Å². The molecule has 2 fully saturated rings. The van der Waals surface area contributed by atoms with Gasteiger partial charge in [0, 0.05) is 11.0 Å². The minimum absolute atomic E-state index is 0.00486. The Kier molecular flexibility index (Phi) is 3.56. The van der Waals surface area contributed by atoms with Gasteiger partial charge in [0.15, 0.2) is 0 Å². The molecule has 1 saturated heterocycles. The normalized spacial score (nSPS) is 24.9. The van der Waals surface area contributed by atoms with E-state index in [1.165, 1.54) is 0 Å². The van der Waals surface area contributed by atoms with Gasteiger partial charge in [0.2, 0.25) is 11.8 Å². The Morgan fingerprint density at radius 3 is 2.57 bits per heavy atom. The minimum atomic E-state index is -0.830. The Bertz CT molecular complexity index is 596. The Balaban J connectivity index is 1.93. The highest BCUT2D eigenvalue weighted by atomic mass is 79.9. The van der Waals surface area contributed by atoms with Crippen LogP contribution in [0.15, 0.2) is 28.7 Å². The van der Waals surface area contributed by atoms with E-state index >= 15 is 0 Å². The number of benzene rings is 1. The molecule has 0 aromatic heterocycles. The summed E-state index contributed by atoms with van der Waals surface area (Å²) in [6, 6.07) is 7.52. The van der Waals surface area contributed by atoms with Crippen molar-refractivity contribution in [2.45, 2.75) is 44.8 Å². The number of carbonyl (C=O) groups excluding carboxylic acids is 2. The average molecular weight is 351 g/mol. The zero-order chi connectivity index (χ0) is 15.2. The van der Waals surface area contributed by atoms with Gasteiger partial charge in [0.1, 0.15) is 11.6 Å². The second-order valence-corrected chi connectivity index (χ2v) is 7.28. The highest BCUT2D eigenvalue weighted by Crippen LogP contribution is 2.39.